The summed E-state index contributed by atoms with van der Waals surface area (Å²) in [7, 11) is 1.73. The van der Waals surface area contributed by atoms with Gasteiger partial charge in [0.15, 0.2) is 5.96 Å². The predicted octanol–water partition coefficient (Wildman–Crippen LogP) is 3.24. The van der Waals surface area contributed by atoms with E-state index in [-0.39, 0.29) is 0 Å². The van der Waals surface area contributed by atoms with Crippen LogP contribution in [0.4, 0.5) is 0 Å². The average Bonchev–Trinajstić information content (AvgIpc) is 3.29. The molecule has 2 aromatic rings. The molecule has 1 saturated heterocycles. The molecule has 1 aromatic carbocycles. The maximum Gasteiger partial charge on any atom is 0.191 e. The van der Waals surface area contributed by atoms with Crippen molar-refractivity contribution in [3.8, 4) is 5.75 Å². The molecule has 0 aliphatic carbocycles. The van der Waals surface area contributed by atoms with Gasteiger partial charge in [0.05, 0.1) is 32.9 Å². The lowest BCUT2D eigenvalue weighted by Crippen LogP contribution is -2.42. The Morgan fingerprint density at radius 3 is 2.80 bits per heavy atom. The summed E-state index contributed by atoms with van der Waals surface area (Å²) in [6.07, 6.45) is 0.882. The van der Waals surface area contributed by atoms with E-state index in [0.717, 1.165) is 64.1 Å². The van der Waals surface area contributed by atoms with Gasteiger partial charge in [-0.05, 0) is 43.3 Å². The molecule has 0 bridgehead atoms. The van der Waals surface area contributed by atoms with Gasteiger partial charge in [-0.25, -0.2) is 0 Å². The Morgan fingerprint density at radius 1 is 1.27 bits per heavy atom. The van der Waals surface area contributed by atoms with E-state index in [1.807, 2.05) is 6.07 Å². The van der Waals surface area contributed by atoms with Crippen molar-refractivity contribution in [2.45, 2.75) is 26.3 Å². The fourth-order valence-corrected chi connectivity index (χ4v) is 4.55. The zero-order chi connectivity index (χ0) is 21.2. The van der Waals surface area contributed by atoms with Crippen LogP contribution in [0.25, 0.3) is 0 Å². The summed E-state index contributed by atoms with van der Waals surface area (Å²) in [5.74, 6) is 1.80. The van der Waals surface area contributed by atoms with Crippen LogP contribution in [0.1, 0.15) is 29.0 Å². The van der Waals surface area contributed by atoms with Crippen LogP contribution in [0.3, 0.4) is 0 Å². The zero-order valence-electron chi connectivity index (χ0n) is 18.3. The predicted molar refractivity (Wildman–Crippen MR) is 125 cm³/mol. The minimum absolute atomic E-state index is 0.293. The number of methoxy groups -OCH3 is 1. The highest BCUT2D eigenvalue weighted by Gasteiger charge is 2.23. The molecule has 1 aliphatic rings. The highest BCUT2D eigenvalue weighted by molar-refractivity contribution is 7.10. The van der Waals surface area contributed by atoms with Gasteiger partial charge in [0, 0.05) is 31.1 Å². The number of nitrogens with one attached hydrogen (secondary N) is 2. The summed E-state index contributed by atoms with van der Waals surface area (Å²) in [6, 6.07) is 10.9. The molecule has 2 N–H and O–H groups in total. The van der Waals surface area contributed by atoms with Crippen molar-refractivity contribution in [1.29, 1.82) is 0 Å². The normalized spacial score (nSPS) is 16.3. The summed E-state index contributed by atoms with van der Waals surface area (Å²) >= 11 is 1.80. The molecular formula is C23H34N4O2S. The molecule has 0 amide bonds. The number of rotatable bonds is 9. The Kier molecular flexibility index (Phi) is 8.99. The minimum Gasteiger partial charge on any atom is -0.496 e. The average molecular weight is 431 g/mol. The second kappa shape index (κ2) is 11.9. The third-order valence-electron chi connectivity index (χ3n) is 5.25. The van der Waals surface area contributed by atoms with Gasteiger partial charge in [0.2, 0.25) is 0 Å². The van der Waals surface area contributed by atoms with Crippen molar-refractivity contribution in [3.63, 3.8) is 0 Å². The molecule has 1 atom stereocenters. The minimum atomic E-state index is 0.293. The highest BCUT2D eigenvalue weighted by Crippen LogP contribution is 2.26. The molecule has 7 heteroatoms. The molecule has 3 rings (SSSR count). The standard InChI is InChI=1S/C23H34N4O2S/c1-4-24-23(25-10-9-19-16-18(2)7-8-21(19)28-3)26-17-20(22-6-5-15-30-22)27-11-13-29-14-12-27/h5-8,15-16,20H,4,9-14,17H2,1-3H3,(H2,24,25,26). The first-order valence-corrected chi connectivity index (χ1v) is 11.6. The first-order chi connectivity index (χ1) is 14.7. The number of nitrogens with zero attached hydrogens (tertiary/aromatic N) is 2. The maximum atomic E-state index is 5.54. The number of hydrogen-bond donors (Lipinski definition) is 2. The fraction of sp³-hybridized carbons (Fsp3) is 0.522. The van der Waals surface area contributed by atoms with Gasteiger partial charge in [-0.3, -0.25) is 9.89 Å². The van der Waals surface area contributed by atoms with Crippen LogP contribution in [-0.2, 0) is 11.2 Å². The number of ether oxygens (including phenoxy) is 2. The highest BCUT2D eigenvalue weighted by atomic mass is 32.1. The quantitative estimate of drug-likeness (QED) is 0.473. The number of aryl methyl sites for hydroxylation is 1. The van der Waals surface area contributed by atoms with Crippen molar-refractivity contribution in [2.24, 2.45) is 4.99 Å². The molecule has 0 radical (unpaired) electrons. The van der Waals surface area contributed by atoms with Crippen LogP contribution < -0.4 is 15.4 Å². The van der Waals surface area contributed by atoms with E-state index in [9.17, 15) is 0 Å². The van der Waals surface area contributed by atoms with Gasteiger partial charge in [-0.2, -0.15) is 0 Å². The molecule has 164 valence electrons. The first kappa shape index (κ1) is 22.6. The maximum absolute atomic E-state index is 5.54. The number of benzene rings is 1. The van der Waals surface area contributed by atoms with Crippen LogP contribution in [0.15, 0.2) is 40.7 Å². The van der Waals surface area contributed by atoms with Gasteiger partial charge >= 0.3 is 0 Å². The van der Waals surface area contributed by atoms with Gasteiger partial charge in [-0.1, -0.05) is 23.8 Å². The second-order valence-electron chi connectivity index (χ2n) is 7.39. The van der Waals surface area contributed by atoms with Gasteiger partial charge in [-0.15, -0.1) is 11.3 Å². The second-order valence-corrected chi connectivity index (χ2v) is 8.37. The zero-order valence-corrected chi connectivity index (χ0v) is 19.1. The lowest BCUT2D eigenvalue weighted by atomic mass is 10.1. The van der Waals surface area contributed by atoms with Crippen LogP contribution in [0.5, 0.6) is 5.75 Å². The number of hydrogen-bond acceptors (Lipinski definition) is 5. The number of thiophene rings is 1. The van der Waals surface area contributed by atoms with E-state index in [4.69, 9.17) is 14.5 Å². The smallest absolute Gasteiger partial charge is 0.191 e. The van der Waals surface area contributed by atoms with Gasteiger partial charge in [0.1, 0.15) is 5.75 Å². The van der Waals surface area contributed by atoms with E-state index >= 15 is 0 Å². The van der Waals surface area contributed by atoms with E-state index < -0.39 is 0 Å². The largest absolute Gasteiger partial charge is 0.496 e. The molecule has 0 spiro atoms. The van der Waals surface area contributed by atoms with E-state index in [1.54, 1.807) is 18.4 Å². The van der Waals surface area contributed by atoms with Crippen LogP contribution in [0.2, 0.25) is 0 Å². The fourth-order valence-electron chi connectivity index (χ4n) is 3.69. The molecule has 30 heavy (non-hydrogen) atoms. The third kappa shape index (κ3) is 6.45. The van der Waals surface area contributed by atoms with E-state index in [0.29, 0.717) is 6.04 Å². The van der Waals surface area contributed by atoms with Crippen molar-refractivity contribution in [1.82, 2.24) is 15.5 Å². The Morgan fingerprint density at radius 2 is 2.10 bits per heavy atom. The molecule has 0 saturated carbocycles. The lowest BCUT2D eigenvalue weighted by molar-refractivity contribution is 0.0186. The first-order valence-electron chi connectivity index (χ1n) is 10.7. The summed E-state index contributed by atoms with van der Waals surface area (Å²) in [6.45, 7) is 10.1. The summed E-state index contributed by atoms with van der Waals surface area (Å²) in [4.78, 5) is 8.77. The SMILES string of the molecule is CCNC(=NCC(c1cccs1)N1CCOCC1)NCCc1cc(C)ccc1OC. The van der Waals surface area contributed by atoms with E-state index in [1.165, 1.54) is 16.0 Å². The summed E-state index contributed by atoms with van der Waals surface area (Å²) in [5, 5.41) is 9.01. The van der Waals surface area contributed by atoms with Crippen molar-refractivity contribution in [2.75, 3.05) is 53.0 Å². The molecule has 1 aromatic heterocycles. The van der Waals surface area contributed by atoms with Crippen LogP contribution >= 0.6 is 11.3 Å². The number of guanidine groups is 1. The Hall–Kier alpha value is -2.09. The molecule has 1 fully saturated rings. The summed E-state index contributed by atoms with van der Waals surface area (Å²) in [5.41, 5.74) is 2.46. The molecule has 1 aliphatic heterocycles. The van der Waals surface area contributed by atoms with Crippen molar-refractivity contribution in [3.05, 3.63) is 51.7 Å². The molecule has 1 unspecified atom stereocenters. The molecule has 2 heterocycles. The van der Waals surface area contributed by atoms with Gasteiger partial charge < -0.3 is 20.1 Å². The van der Waals surface area contributed by atoms with E-state index in [2.05, 4.69) is 59.0 Å². The molecule has 6 nitrogen and oxygen atoms in total. The van der Waals surface area contributed by atoms with Gasteiger partial charge in [0.25, 0.3) is 0 Å². The summed E-state index contributed by atoms with van der Waals surface area (Å²) < 4.78 is 11.0. The van der Waals surface area contributed by atoms with Crippen LogP contribution in [0, 0.1) is 6.92 Å². The third-order valence-corrected chi connectivity index (χ3v) is 6.22. The Bertz CT molecular complexity index is 789. The Labute approximate surface area is 184 Å². The van der Waals surface area contributed by atoms with Crippen molar-refractivity contribution >= 4 is 17.3 Å². The lowest BCUT2D eigenvalue weighted by Gasteiger charge is -2.33. The Balaban J connectivity index is 1.63. The van der Waals surface area contributed by atoms with Crippen LogP contribution in [-0.4, -0.2) is 63.9 Å². The number of morpholine rings is 1. The number of aliphatic imine (C=N–C) groups is 1. The van der Waals surface area contributed by atoms with Crippen molar-refractivity contribution < 1.29 is 9.47 Å². The monoisotopic (exact) mass is 430 g/mol. The topological polar surface area (TPSA) is 58.1 Å². The molecular weight excluding hydrogens is 396 g/mol.